The molecular formula is C16H19FN2O3S. The third-order valence-electron chi connectivity index (χ3n) is 4.17. The van der Waals surface area contributed by atoms with Crippen molar-refractivity contribution < 1.29 is 18.7 Å². The summed E-state index contributed by atoms with van der Waals surface area (Å²) in [7, 11) is 0. The molecule has 3 rings (SSSR count). The first-order valence-electron chi connectivity index (χ1n) is 7.63. The molecule has 0 unspecified atom stereocenters. The largest absolute Gasteiger partial charge is 0.378 e. The van der Waals surface area contributed by atoms with Crippen LogP contribution < -0.4 is 0 Å². The summed E-state index contributed by atoms with van der Waals surface area (Å²) in [6.45, 7) is 3.80. The molecule has 2 amide bonds. The maximum atomic E-state index is 14.1. The zero-order valence-electron chi connectivity index (χ0n) is 12.9. The van der Waals surface area contributed by atoms with E-state index in [-0.39, 0.29) is 23.4 Å². The molecule has 0 aromatic heterocycles. The highest BCUT2D eigenvalue weighted by molar-refractivity contribution is 8.00. The number of benzene rings is 1. The monoisotopic (exact) mass is 338 g/mol. The Morgan fingerprint density at radius 2 is 2.04 bits per heavy atom. The highest BCUT2D eigenvalue weighted by atomic mass is 32.2. The van der Waals surface area contributed by atoms with Gasteiger partial charge in [-0.05, 0) is 13.0 Å². The lowest BCUT2D eigenvalue weighted by atomic mass is 10.1. The molecule has 2 aliphatic rings. The maximum Gasteiger partial charge on any atom is 0.245 e. The van der Waals surface area contributed by atoms with Gasteiger partial charge in [0, 0.05) is 18.7 Å². The highest BCUT2D eigenvalue weighted by Gasteiger charge is 2.41. The average molecular weight is 338 g/mol. The van der Waals surface area contributed by atoms with Crippen molar-refractivity contribution in [3.63, 3.8) is 0 Å². The van der Waals surface area contributed by atoms with Crippen molar-refractivity contribution in [2.24, 2.45) is 0 Å². The number of hydrogen-bond acceptors (Lipinski definition) is 4. The average Bonchev–Trinajstić information content (AvgIpc) is 2.96. The fourth-order valence-electron chi connectivity index (χ4n) is 2.94. The molecule has 7 heteroatoms. The lowest BCUT2D eigenvalue weighted by Crippen LogP contribution is -2.51. The van der Waals surface area contributed by atoms with Crippen LogP contribution in [0.5, 0.6) is 0 Å². The minimum Gasteiger partial charge on any atom is -0.378 e. The zero-order chi connectivity index (χ0) is 16.4. The van der Waals surface area contributed by atoms with Gasteiger partial charge in [0.1, 0.15) is 17.2 Å². The van der Waals surface area contributed by atoms with E-state index in [0.29, 0.717) is 31.9 Å². The number of carbonyl (C=O) groups excluding carboxylic acids is 2. The predicted molar refractivity (Wildman–Crippen MR) is 85.3 cm³/mol. The van der Waals surface area contributed by atoms with E-state index >= 15 is 0 Å². The maximum absolute atomic E-state index is 14.1. The Labute approximate surface area is 138 Å². The molecule has 0 aliphatic carbocycles. The Hall–Kier alpha value is -1.60. The van der Waals surface area contributed by atoms with Gasteiger partial charge in [0.15, 0.2) is 0 Å². The predicted octanol–water partition coefficient (Wildman–Crippen LogP) is 1.65. The van der Waals surface area contributed by atoms with E-state index in [1.807, 2.05) is 0 Å². The van der Waals surface area contributed by atoms with Crippen molar-refractivity contribution >= 4 is 23.6 Å². The number of nitrogens with zero attached hydrogens (tertiary/aromatic N) is 2. The van der Waals surface area contributed by atoms with Gasteiger partial charge in [0.05, 0.1) is 19.0 Å². The number of halogens is 1. The normalized spacial score (nSPS) is 23.2. The summed E-state index contributed by atoms with van der Waals surface area (Å²) in [6.07, 6.45) is 0. The summed E-state index contributed by atoms with van der Waals surface area (Å²) >= 11 is 1.36. The Balaban J connectivity index is 1.82. The van der Waals surface area contributed by atoms with Crippen molar-refractivity contribution in [3.05, 3.63) is 35.6 Å². The fourth-order valence-corrected chi connectivity index (χ4v) is 4.22. The first kappa shape index (κ1) is 16.3. The summed E-state index contributed by atoms with van der Waals surface area (Å²) in [5.41, 5.74) is 0.449. The molecule has 2 aliphatic heterocycles. The van der Waals surface area contributed by atoms with Gasteiger partial charge in [0.25, 0.3) is 0 Å². The third-order valence-corrected chi connectivity index (χ3v) is 5.38. The summed E-state index contributed by atoms with van der Waals surface area (Å²) in [5, 5.41) is -0.455. The lowest BCUT2D eigenvalue weighted by molar-refractivity contribution is -0.146. The summed E-state index contributed by atoms with van der Waals surface area (Å²) in [4.78, 5) is 28.2. The van der Waals surface area contributed by atoms with Gasteiger partial charge in [-0.25, -0.2) is 4.39 Å². The van der Waals surface area contributed by atoms with Crippen molar-refractivity contribution in [3.8, 4) is 0 Å². The van der Waals surface area contributed by atoms with E-state index in [2.05, 4.69) is 0 Å². The Kier molecular flexibility index (Phi) is 4.87. The first-order valence-corrected chi connectivity index (χ1v) is 8.68. The van der Waals surface area contributed by atoms with Crippen molar-refractivity contribution in [1.29, 1.82) is 0 Å². The van der Waals surface area contributed by atoms with Gasteiger partial charge >= 0.3 is 0 Å². The summed E-state index contributed by atoms with van der Waals surface area (Å²) < 4.78 is 19.4. The van der Waals surface area contributed by atoms with Crippen molar-refractivity contribution in [2.45, 2.75) is 18.3 Å². The van der Waals surface area contributed by atoms with Crippen LogP contribution in [-0.2, 0) is 14.3 Å². The SMILES string of the molecule is C[C@@H](C(=O)N1CCOCC1)N1C(=O)CS[C@@H]1c1ccccc1F. The molecule has 1 aromatic rings. The van der Waals surface area contributed by atoms with E-state index in [0.717, 1.165) is 0 Å². The van der Waals surface area contributed by atoms with E-state index < -0.39 is 11.4 Å². The Morgan fingerprint density at radius 3 is 2.74 bits per heavy atom. The van der Waals surface area contributed by atoms with Gasteiger partial charge in [0.2, 0.25) is 11.8 Å². The molecule has 0 N–H and O–H groups in total. The number of ether oxygens (including phenoxy) is 1. The molecule has 2 fully saturated rings. The van der Waals surface area contributed by atoms with Gasteiger partial charge in [-0.15, -0.1) is 11.8 Å². The molecule has 0 bridgehead atoms. The standard InChI is InChI=1S/C16H19FN2O3S/c1-11(15(21)18-6-8-22-9-7-18)19-14(20)10-23-16(19)12-4-2-3-5-13(12)17/h2-5,11,16H,6-10H2,1H3/t11-,16+/m0/s1. The van der Waals surface area contributed by atoms with Gasteiger partial charge in [-0.3, -0.25) is 9.59 Å². The number of morpholine rings is 1. The topological polar surface area (TPSA) is 49.9 Å². The molecular weight excluding hydrogens is 319 g/mol. The molecule has 5 nitrogen and oxygen atoms in total. The number of thioether (sulfide) groups is 1. The molecule has 0 radical (unpaired) electrons. The van der Waals surface area contributed by atoms with E-state index in [9.17, 15) is 14.0 Å². The lowest BCUT2D eigenvalue weighted by Gasteiger charge is -2.35. The van der Waals surface area contributed by atoms with Crippen LogP contribution in [0.1, 0.15) is 17.9 Å². The zero-order valence-corrected chi connectivity index (χ0v) is 13.7. The van der Waals surface area contributed by atoms with Crippen LogP contribution >= 0.6 is 11.8 Å². The van der Waals surface area contributed by atoms with E-state index in [1.54, 1.807) is 30.0 Å². The molecule has 0 saturated carbocycles. The van der Waals surface area contributed by atoms with E-state index in [4.69, 9.17) is 4.74 Å². The second kappa shape index (κ2) is 6.88. The third kappa shape index (κ3) is 3.21. The van der Waals surface area contributed by atoms with Crippen LogP contribution in [0.2, 0.25) is 0 Å². The van der Waals surface area contributed by atoms with Gasteiger partial charge < -0.3 is 14.5 Å². The number of carbonyl (C=O) groups is 2. The Bertz CT molecular complexity index is 607. The van der Waals surface area contributed by atoms with Crippen LogP contribution in [0, 0.1) is 5.82 Å². The second-order valence-electron chi connectivity index (χ2n) is 5.60. The minimum absolute atomic E-state index is 0.106. The molecule has 0 spiro atoms. The minimum atomic E-state index is -0.611. The number of rotatable bonds is 3. The molecule has 2 atom stereocenters. The Morgan fingerprint density at radius 1 is 1.35 bits per heavy atom. The second-order valence-corrected chi connectivity index (χ2v) is 6.67. The molecule has 1 aromatic carbocycles. The number of hydrogen-bond donors (Lipinski definition) is 0. The van der Waals surface area contributed by atoms with Gasteiger partial charge in [-0.1, -0.05) is 18.2 Å². The van der Waals surface area contributed by atoms with Crippen molar-refractivity contribution in [2.75, 3.05) is 32.1 Å². The quantitative estimate of drug-likeness (QED) is 0.841. The summed E-state index contributed by atoms with van der Waals surface area (Å²) in [6, 6.07) is 5.80. The van der Waals surface area contributed by atoms with Crippen LogP contribution in [-0.4, -0.2) is 59.7 Å². The summed E-state index contributed by atoms with van der Waals surface area (Å²) in [5.74, 6) is -0.321. The van der Waals surface area contributed by atoms with Crippen LogP contribution in [0.25, 0.3) is 0 Å². The van der Waals surface area contributed by atoms with Crippen molar-refractivity contribution in [1.82, 2.24) is 9.80 Å². The molecule has 23 heavy (non-hydrogen) atoms. The van der Waals surface area contributed by atoms with Crippen LogP contribution in [0.4, 0.5) is 4.39 Å². The van der Waals surface area contributed by atoms with Gasteiger partial charge in [-0.2, -0.15) is 0 Å². The highest BCUT2D eigenvalue weighted by Crippen LogP contribution is 2.41. The van der Waals surface area contributed by atoms with E-state index in [1.165, 1.54) is 22.7 Å². The number of amides is 2. The molecule has 124 valence electrons. The molecule has 2 heterocycles. The first-order chi connectivity index (χ1) is 11.1. The smallest absolute Gasteiger partial charge is 0.245 e. The fraction of sp³-hybridized carbons (Fsp3) is 0.500. The van der Waals surface area contributed by atoms with Crippen LogP contribution in [0.15, 0.2) is 24.3 Å². The van der Waals surface area contributed by atoms with Crippen LogP contribution in [0.3, 0.4) is 0 Å². The molecule has 2 saturated heterocycles.